The van der Waals surface area contributed by atoms with Crippen LogP contribution in [-0.4, -0.2) is 35.5 Å². The molecule has 0 saturated heterocycles. The third-order valence-electron chi connectivity index (χ3n) is 2.00. The lowest BCUT2D eigenvalue weighted by molar-refractivity contribution is 0.130. The van der Waals surface area contributed by atoms with Crippen LogP contribution in [0.1, 0.15) is 32.1 Å². The van der Waals surface area contributed by atoms with Crippen molar-refractivity contribution in [2.75, 3.05) is 13.1 Å². The average molecular weight is 204 g/mol. The summed E-state index contributed by atoms with van der Waals surface area (Å²) in [7, 11) is 0. The maximum absolute atomic E-state index is 9.59. The number of nitrogens with one attached hydrogen (secondary N) is 1. The van der Waals surface area contributed by atoms with E-state index in [0.717, 1.165) is 12.8 Å². The lowest BCUT2D eigenvalue weighted by Crippen LogP contribution is -2.27. The summed E-state index contributed by atoms with van der Waals surface area (Å²) in [6.45, 7) is 0.682. The van der Waals surface area contributed by atoms with E-state index in [2.05, 4.69) is 5.32 Å². The number of amides is 1. The summed E-state index contributed by atoms with van der Waals surface area (Å²) in [4.78, 5) is 9.59. The van der Waals surface area contributed by atoms with Crippen molar-refractivity contribution in [3.8, 4) is 0 Å². The molecule has 1 aliphatic rings. The molecule has 1 amide bonds. The van der Waals surface area contributed by atoms with Gasteiger partial charge in [0.25, 0.3) is 0 Å². The molecule has 5 heteroatoms. The molecule has 84 valence electrons. The SMILES string of the molecule is NCCNC(=O)O.OC1CCCCC1. The van der Waals surface area contributed by atoms with Crippen LogP contribution in [0.5, 0.6) is 0 Å². The molecule has 0 bridgehead atoms. The van der Waals surface area contributed by atoms with Crippen LogP contribution >= 0.6 is 0 Å². The molecular weight excluding hydrogens is 184 g/mol. The molecular formula is C9H20N2O3. The van der Waals surface area contributed by atoms with E-state index >= 15 is 0 Å². The summed E-state index contributed by atoms with van der Waals surface area (Å²) in [6.07, 6.45) is 4.90. The Morgan fingerprint density at radius 2 is 1.93 bits per heavy atom. The highest BCUT2D eigenvalue weighted by Gasteiger charge is 2.07. The maximum atomic E-state index is 9.59. The van der Waals surface area contributed by atoms with E-state index in [1.54, 1.807) is 0 Å². The largest absolute Gasteiger partial charge is 0.465 e. The molecule has 1 saturated carbocycles. The molecule has 0 aliphatic heterocycles. The second-order valence-corrected chi connectivity index (χ2v) is 3.31. The van der Waals surface area contributed by atoms with Gasteiger partial charge in [0.1, 0.15) is 0 Å². The van der Waals surface area contributed by atoms with Gasteiger partial charge in [-0.2, -0.15) is 0 Å². The van der Waals surface area contributed by atoms with Gasteiger partial charge in [-0.05, 0) is 12.8 Å². The van der Waals surface area contributed by atoms with Crippen molar-refractivity contribution in [3.05, 3.63) is 0 Å². The van der Waals surface area contributed by atoms with Crippen molar-refractivity contribution in [3.63, 3.8) is 0 Å². The monoisotopic (exact) mass is 204 g/mol. The van der Waals surface area contributed by atoms with Crippen LogP contribution in [0, 0.1) is 0 Å². The van der Waals surface area contributed by atoms with E-state index in [4.69, 9.17) is 15.9 Å². The zero-order valence-electron chi connectivity index (χ0n) is 8.41. The Morgan fingerprint density at radius 1 is 1.36 bits per heavy atom. The fourth-order valence-electron chi connectivity index (χ4n) is 1.26. The fraction of sp³-hybridized carbons (Fsp3) is 0.889. The number of aliphatic hydroxyl groups is 1. The lowest BCUT2D eigenvalue weighted by atomic mass is 9.98. The quantitative estimate of drug-likeness (QED) is 0.527. The Hall–Kier alpha value is -0.810. The van der Waals surface area contributed by atoms with Crippen molar-refractivity contribution in [2.45, 2.75) is 38.2 Å². The number of hydrogen-bond acceptors (Lipinski definition) is 3. The molecule has 1 rings (SSSR count). The Morgan fingerprint density at radius 3 is 2.14 bits per heavy atom. The smallest absolute Gasteiger partial charge is 0.404 e. The van der Waals surface area contributed by atoms with Gasteiger partial charge in [-0.1, -0.05) is 19.3 Å². The molecule has 1 aliphatic carbocycles. The molecule has 1 fully saturated rings. The van der Waals surface area contributed by atoms with Gasteiger partial charge in [0.2, 0.25) is 0 Å². The third-order valence-corrected chi connectivity index (χ3v) is 2.00. The van der Waals surface area contributed by atoms with Crippen molar-refractivity contribution in [1.29, 1.82) is 0 Å². The minimum atomic E-state index is -1.02. The van der Waals surface area contributed by atoms with Gasteiger partial charge in [0.05, 0.1) is 6.10 Å². The summed E-state index contributed by atoms with van der Waals surface area (Å²) < 4.78 is 0. The molecule has 0 aromatic heterocycles. The highest BCUT2D eigenvalue weighted by Crippen LogP contribution is 2.16. The molecule has 5 N–H and O–H groups in total. The first-order valence-electron chi connectivity index (χ1n) is 5.01. The van der Waals surface area contributed by atoms with E-state index in [1.165, 1.54) is 19.3 Å². The molecule has 0 spiro atoms. The summed E-state index contributed by atoms with van der Waals surface area (Å²) >= 11 is 0. The first kappa shape index (κ1) is 13.2. The van der Waals surface area contributed by atoms with Gasteiger partial charge < -0.3 is 21.3 Å². The number of carboxylic acid groups (broad SMARTS) is 1. The van der Waals surface area contributed by atoms with Crippen LogP contribution in [0.4, 0.5) is 4.79 Å². The summed E-state index contributed by atoms with van der Waals surface area (Å²) in [5.74, 6) is 0. The van der Waals surface area contributed by atoms with E-state index in [-0.39, 0.29) is 6.10 Å². The Bertz CT molecular complexity index is 147. The van der Waals surface area contributed by atoms with Gasteiger partial charge in [-0.25, -0.2) is 4.79 Å². The predicted molar refractivity (Wildman–Crippen MR) is 54.2 cm³/mol. The highest BCUT2D eigenvalue weighted by atomic mass is 16.4. The summed E-state index contributed by atoms with van der Waals surface area (Å²) in [5, 5.41) is 18.9. The third kappa shape index (κ3) is 9.28. The van der Waals surface area contributed by atoms with Crippen LogP contribution in [0.25, 0.3) is 0 Å². The molecule has 0 radical (unpaired) electrons. The normalized spacial score (nSPS) is 16.7. The van der Waals surface area contributed by atoms with Gasteiger partial charge >= 0.3 is 6.09 Å². The Kier molecular flexibility index (Phi) is 8.27. The molecule has 0 aromatic rings. The summed E-state index contributed by atoms with van der Waals surface area (Å²) in [5.41, 5.74) is 4.95. The second kappa shape index (κ2) is 8.77. The zero-order chi connectivity index (χ0) is 10.8. The van der Waals surface area contributed by atoms with Crippen LogP contribution in [-0.2, 0) is 0 Å². The van der Waals surface area contributed by atoms with Crippen LogP contribution < -0.4 is 11.1 Å². The molecule has 0 heterocycles. The van der Waals surface area contributed by atoms with Crippen molar-refractivity contribution < 1.29 is 15.0 Å². The van der Waals surface area contributed by atoms with Crippen LogP contribution in [0.15, 0.2) is 0 Å². The first-order chi connectivity index (χ1) is 6.66. The van der Waals surface area contributed by atoms with Gasteiger partial charge in [-0.15, -0.1) is 0 Å². The molecule has 0 unspecified atom stereocenters. The molecule has 0 atom stereocenters. The standard InChI is InChI=1S/C6H12O.C3H8N2O2/c7-6-4-2-1-3-5-6;4-1-2-5-3(6)7/h6-7H,1-5H2;5H,1-2,4H2,(H,6,7). The van der Waals surface area contributed by atoms with E-state index in [9.17, 15) is 4.79 Å². The van der Waals surface area contributed by atoms with Crippen LogP contribution in [0.3, 0.4) is 0 Å². The van der Waals surface area contributed by atoms with E-state index in [1.807, 2.05) is 0 Å². The highest BCUT2D eigenvalue weighted by molar-refractivity contribution is 5.64. The minimum Gasteiger partial charge on any atom is -0.465 e. The van der Waals surface area contributed by atoms with Gasteiger partial charge in [0.15, 0.2) is 0 Å². The first-order valence-corrected chi connectivity index (χ1v) is 5.01. The fourth-order valence-corrected chi connectivity index (χ4v) is 1.26. The Labute approximate surface area is 84.3 Å². The number of aliphatic hydroxyl groups excluding tert-OH is 1. The zero-order valence-corrected chi connectivity index (χ0v) is 8.41. The van der Waals surface area contributed by atoms with Gasteiger partial charge in [0, 0.05) is 13.1 Å². The van der Waals surface area contributed by atoms with E-state index in [0.29, 0.717) is 13.1 Å². The van der Waals surface area contributed by atoms with Gasteiger partial charge in [-0.3, -0.25) is 0 Å². The number of rotatable bonds is 2. The minimum absolute atomic E-state index is 0.0359. The lowest BCUT2D eigenvalue weighted by Gasteiger charge is -2.14. The second-order valence-electron chi connectivity index (χ2n) is 3.31. The number of nitrogens with two attached hydrogens (primary N) is 1. The topological polar surface area (TPSA) is 95.6 Å². The van der Waals surface area contributed by atoms with Crippen molar-refractivity contribution in [1.82, 2.24) is 5.32 Å². The van der Waals surface area contributed by atoms with E-state index < -0.39 is 6.09 Å². The average Bonchev–Trinajstić information content (AvgIpc) is 2.17. The van der Waals surface area contributed by atoms with Crippen molar-refractivity contribution in [2.24, 2.45) is 5.73 Å². The molecule has 14 heavy (non-hydrogen) atoms. The summed E-state index contributed by atoms with van der Waals surface area (Å²) in [6, 6.07) is 0. The molecule has 0 aromatic carbocycles. The maximum Gasteiger partial charge on any atom is 0.404 e. The molecule has 5 nitrogen and oxygen atoms in total. The Balaban J connectivity index is 0.000000241. The number of carbonyl (C=O) groups is 1. The number of hydrogen-bond donors (Lipinski definition) is 4. The predicted octanol–water partition coefficient (Wildman–Crippen LogP) is 0.524. The van der Waals surface area contributed by atoms with Crippen LogP contribution in [0.2, 0.25) is 0 Å². The van der Waals surface area contributed by atoms with Crippen molar-refractivity contribution >= 4 is 6.09 Å².